The number of nitrogens with zero attached hydrogens (tertiary/aromatic N) is 1. The van der Waals surface area contributed by atoms with Crippen LogP contribution in [0.1, 0.15) is 11.0 Å². The van der Waals surface area contributed by atoms with Crippen molar-refractivity contribution in [2.24, 2.45) is 0 Å². The van der Waals surface area contributed by atoms with Crippen LogP contribution in [0.15, 0.2) is 4.79 Å². The van der Waals surface area contributed by atoms with Crippen LogP contribution in [-0.4, -0.2) is 45.0 Å². The lowest BCUT2D eigenvalue weighted by molar-refractivity contribution is 0.0214. The summed E-state index contributed by atoms with van der Waals surface area (Å²) in [6.07, 6.45) is -3.51. The Morgan fingerprint density at radius 2 is 2.21 bits per heavy atom. The summed E-state index contributed by atoms with van der Waals surface area (Å²) in [7, 11) is 0. The zero-order valence-corrected chi connectivity index (χ0v) is 11.2. The SMILES string of the molecule is Cl.Cl.[2H]C([2H])([2H])[C@H](O)[C@H](O)C1CNc2nc(N)[nH]c(=O)c2N1. The predicted molar refractivity (Wildman–Crippen MR) is 77.4 cm³/mol. The highest BCUT2D eigenvalue weighted by Crippen LogP contribution is 2.21. The molecular weight excluding hydrogens is 297 g/mol. The lowest BCUT2D eigenvalue weighted by atomic mass is 10.0. The minimum absolute atomic E-state index is 0. The zero-order chi connectivity index (χ0) is 15.1. The third-order valence-electron chi connectivity index (χ3n) is 2.49. The fourth-order valence-electron chi connectivity index (χ4n) is 1.62. The van der Waals surface area contributed by atoms with Gasteiger partial charge in [0.05, 0.1) is 12.1 Å². The third-order valence-corrected chi connectivity index (χ3v) is 2.49. The van der Waals surface area contributed by atoms with Crippen molar-refractivity contribution in [1.82, 2.24) is 9.97 Å². The molecule has 1 aliphatic heterocycles. The third kappa shape index (κ3) is 3.63. The van der Waals surface area contributed by atoms with Crippen molar-refractivity contribution in [3.05, 3.63) is 10.4 Å². The Morgan fingerprint density at radius 3 is 2.84 bits per heavy atom. The van der Waals surface area contributed by atoms with Gasteiger partial charge in [-0.15, -0.1) is 24.8 Å². The Kier molecular flexibility index (Phi) is 4.58. The average molecular weight is 317 g/mol. The molecule has 2 heterocycles. The molecule has 8 nitrogen and oxygen atoms in total. The van der Waals surface area contributed by atoms with Gasteiger partial charge in [0.25, 0.3) is 5.56 Å². The number of aliphatic hydroxyl groups excluding tert-OH is 2. The molecule has 1 aromatic rings. The van der Waals surface area contributed by atoms with E-state index in [0.717, 1.165) is 0 Å². The number of rotatable bonds is 2. The number of nitrogen functional groups attached to an aromatic ring is 1. The van der Waals surface area contributed by atoms with Crippen molar-refractivity contribution in [3.63, 3.8) is 0 Å². The molecule has 1 aliphatic rings. The van der Waals surface area contributed by atoms with E-state index in [9.17, 15) is 15.0 Å². The summed E-state index contributed by atoms with van der Waals surface area (Å²) >= 11 is 0. The van der Waals surface area contributed by atoms with E-state index in [4.69, 9.17) is 9.85 Å². The second kappa shape index (κ2) is 6.80. The number of nitrogens with two attached hydrogens (primary N) is 1. The molecule has 1 aromatic heterocycles. The van der Waals surface area contributed by atoms with Gasteiger partial charge in [-0.05, 0) is 6.85 Å². The number of aromatic nitrogens is 2. The number of nitrogens with one attached hydrogen (secondary N) is 3. The molecule has 19 heavy (non-hydrogen) atoms. The van der Waals surface area contributed by atoms with Gasteiger partial charge in [-0.2, -0.15) is 4.98 Å². The molecule has 7 N–H and O–H groups in total. The minimum atomic E-state index is -2.72. The molecule has 3 atom stereocenters. The van der Waals surface area contributed by atoms with Crippen molar-refractivity contribution < 1.29 is 14.3 Å². The summed E-state index contributed by atoms with van der Waals surface area (Å²) in [6, 6.07) is -0.857. The predicted octanol–water partition coefficient (Wildman–Crippen LogP) is -0.857. The molecule has 0 bridgehead atoms. The van der Waals surface area contributed by atoms with Crippen LogP contribution >= 0.6 is 24.8 Å². The molecule has 110 valence electrons. The van der Waals surface area contributed by atoms with Gasteiger partial charge in [0, 0.05) is 10.7 Å². The molecule has 2 rings (SSSR count). The summed E-state index contributed by atoms with van der Waals surface area (Å²) < 4.78 is 21.2. The standard InChI is InChI=1S/C9H15N5O3.2ClH/c1-3(15)6(16)4-2-11-7-5(12-4)8(17)14-9(10)13-7;;/h3-4,6,12,15-16H,2H2,1H3,(H4,10,11,13,14,17);2*1H/t3-,4?,6-;;/m0../s1/i1D3;;. The average Bonchev–Trinajstić information content (AvgIpc) is 2.35. The summed E-state index contributed by atoms with van der Waals surface area (Å²) in [5.41, 5.74) is 4.86. The first-order valence-electron chi connectivity index (χ1n) is 6.46. The van der Waals surface area contributed by atoms with Crippen molar-refractivity contribution >= 4 is 42.3 Å². The molecule has 10 heteroatoms. The molecular formula is C9H17Cl2N5O3. The van der Waals surface area contributed by atoms with Gasteiger partial charge in [-0.25, -0.2) is 0 Å². The van der Waals surface area contributed by atoms with E-state index < -0.39 is 30.7 Å². The number of fused-ring (bicyclic) bond motifs is 1. The van der Waals surface area contributed by atoms with Crippen LogP contribution in [0.4, 0.5) is 17.5 Å². The van der Waals surface area contributed by atoms with E-state index in [1.807, 2.05) is 0 Å². The lowest BCUT2D eigenvalue weighted by Gasteiger charge is -2.31. The first-order chi connectivity index (χ1) is 9.20. The van der Waals surface area contributed by atoms with Crippen molar-refractivity contribution in [3.8, 4) is 0 Å². The number of halogens is 2. The van der Waals surface area contributed by atoms with Gasteiger partial charge in [-0.1, -0.05) is 0 Å². The van der Waals surface area contributed by atoms with Gasteiger partial charge in [0.1, 0.15) is 11.8 Å². The molecule has 0 spiro atoms. The van der Waals surface area contributed by atoms with Gasteiger partial charge in [0.15, 0.2) is 5.82 Å². The van der Waals surface area contributed by atoms with Crippen molar-refractivity contribution in [2.45, 2.75) is 25.1 Å². The second-order valence-electron chi connectivity index (χ2n) is 3.74. The first-order valence-corrected chi connectivity index (χ1v) is 4.96. The summed E-state index contributed by atoms with van der Waals surface area (Å²) in [6.45, 7) is -2.63. The van der Waals surface area contributed by atoms with Crippen LogP contribution in [0, 0.1) is 0 Å². The highest BCUT2D eigenvalue weighted by Gasteiger charge is 2.29. The fraction of sp³-hybridized carbons (Fsp3) is 0.556. The lowest BCUT2D eigenvalue weighted by Crippen LogP contribution is -2.48. The number of hydrogen-bond acceptors (Lipinski definition) is 7. The van der Waals surface area contributed by atoms with Gasteiger partial charge in [-0.3, -0.25) is 9.78 Å². The summed E-state index contributed by atoms with van der Waals surface area (Å²) in [4.78, 5) is 17.8. The van der Waals surface area contributed by atoms with Gasteiger partial charge >= 0.3 is 0 Å². The molecule has 0 radical (unpaired) electrons. The molecule has 0 aliphatic carbocycles. The number of H-pyrrole nitrogens is 1. The van der Waals surface area contributed by atoms with Crippen molar-refractivity contribution in [1.29, 1.82) is 0 Å². The maximum atomic E-state index is 11.7. The molecule has 0 saturated carbocycles. The van der Waals surface area contributed by atoms with E-state index in [-0.39, 0.29) is 48.8 Å². The first kappa shape index (κ1) is 12.8. The van der Waals surface area contributed by atoms with Crippen LogP contribution in [0.25, 0.3) is 0 Å². The zero-order valence-electron chi connectivity index (χ0n) is 12.6. The van der Waals surface area contributed by atoms with E-state index in [0.29, 0.717) is 0 Å². The maximum Gasteiger partial charge on any atom is 0.277 e. The van der Waals surface area contributed by atoms with Gasteiger partial charge < -0.3 is 26.6 Å². The molecule has 0 saturated heterocycles. The maximum absolute atomic E-state index is 11.7. The Bertz CT molecular complexity index is 570. The highest BCUT2D eigenvalue weighted by molar-refractivity contribution is 5.85. The van der Waals surface area contributed by atoms with E-state index >= 15 is 0 Å². The highest BCUT2D eigenvalue weighted by atomic mass is 35.5. The van der Waals surface area contributed by atoms with E-state index in [1.54, 1.807) is 0 Å². The van der Waals surface area contributed by atoms with Crippen LogP contribution < -0.4 is 21.9 Å². The van der Waals surface area contributed by atoms with Gasteiger partial charge in [0.2, 0.25) is 5.95 Å². The van der Waals surface area contributed by atoms with E-state index in [2.05, 4.69) is 20.6 Å². The molecule has 1 unspecified atom stereocenters. The summed E-state index contributed by atoms with van der Waals surface area (Å²) in [5.74, 6) is 0.141. The molecule has 0 fully saturated rings. The minimum Gasteiger partial charge on any atom is -0.391 e. The number of hydrogen-bond donors (Lipinski definition) is 6. The number of aromatic amines is 1. The molecule has 0 aromatic carbocycles. The van der Waals surface area contributed by atoms with E-state index in [1.165, 1.54) is 0 Å². The van der Waals surface area contributed by atoms with Crippen LogP contribution in [-0.2, 0) is 0 Å². The van der Waals surface area contributed by atoms with Crippen molar-refractivity contribution in [2.75, 3.05) is 22.9 Å². The fourth-order valence-corrected chi connectivity index (χ4v) is 1.62. The number of anilines is 3. The largest absolute Gasteiger partial charge is 0.391 e. The Labute approximate surface area is 125 Å². The van der Waals surface area contributed by atoms with Crippen LogP contribution in [0.3, 0.4) is 0 Å². The Hall–Kier alpha value is -1.22. The number of aliphatic hydroxyl groups is 2. The normalized spacial score (nSPS) is 22.6. The van der Waals surface area contributed by atoms with Crippen LogP contribution in [0.2, 0.25) is 0 Å². The smallest absolute Gasteiger partial charge is 0.277 e. The molecule has 0 amide bonds. The summed E-state index contributed by atoms with van der Waals surface area (Å²) in [5, 5.41) is 24.9. The quantitative estimate of drug-likeness (QED) is 0.418. The topological polar surface area (TPSA) is 136 Å². The second-order valence-corrected chi connectivity index (χ2v) is 3.74. The Balaban J connectivity index is 0.00000220. The Morgan fingerprint density at radius 1 is 1.53 bits per heavy atom. The van der Waals surface area contributed by atoms with Crippen LogP contribution in [0.5, 0.6) is 0 Å². The monoisotopic (exact) mass is 316 g/mol.